The summed E-state index contributed by atoms with van der Waals surface area (Å²) in [6.45, 7) is 0. The van der Waals surface area contributed by atoms with Crippen LogP contribution in [0.3, 0.4) is 0 Å². The van der Waals surface area contributed by atoms with Gasteiger partial charge in [-0.1, -0.05) is 12.0 Å². The molecule has 1 N–H and O–H groups in total. The Labute approximate surface area is 97.5 Å². The molecule has 0 spiro atoms. The van der Waals surface area contributed by atoms with E-state index in [0.29, 0.717) is 0 Å². The Morgan fingerprint density at radius 3 is 2.65 bits per heavy atom. The zero-order valence-electron chi connectivity index (χ0n) is 8.84. The molecular weight excluding hydrogens is 222 g/mol. The van der Waals surface area contributed by atoms with Crippen molar-refractivity contribution in [3.8, 4) is 11.8 Å². The third-order valence-corrected chi connectivity index (χ3v) is 1.82. The zero-order chi connectivity index (χ0) is 12.7. The van der Waals surface area contributed by atoms with Crippen LogP contribution in [0.15, 0.2) is 24.4 Å². The fourth-order valence-electron chi connectivity index (χ4n) is 0.987. The standard InChI is InChI=1S/C12H9NO4/c14-10(9-5-3-4-8-13-9)6-1-2-7-11(15)12(16)17/h3-5,8H,2,7H2,(H,16,17). The van der Waals surface area contributed by atoms with E-state index in [2.05, 4.69) is 16.8 Å². The van der Waals surface area contributed by atoms with Gasteiger partial charge in [-0.2, -0.15) is 0 Å². The van der Waals surface area contributed by atoms with E-state index in [0.717, 1.165) is 0 Å². The van der Waals surface area contributed by atoms with Crippen molar-refractivity contribution in [3.63, 3.8) is 0 Å². The highest BCUT2D eigenvalue weighted by Crippen LogP contribution is 1.94. The van der Waals surface area contributed by atoms with Crippen molar-refractivity contribution in [3.05, 3.63) is 30.1 Å². The number of ketones is 2. The highest BCUT2D eigenvalue weighted by Gasteiger charge is 2.09. The lowest BCUT2D eigenvalue weighted by molar-refractivity contribution is -0.149. The molecule has 5 heteroatoms. The number of aliphatic carboxylic acids is 1. The normalized spacial score (nSPS) is 8.94. The molecule has 0 amide bonds. The van der Waals surface area contributed by atoms with Crippen molar-refractivity contribution >= 4 is 17.5 Å². The number of hydrogen-bond acceptors (Lipinski definition) is 4. The molecular formula is C12H9NO4. The predicted molar refractivity (Wildman–Crippen MR) is 58.2 cm³/mol. The molecule has 5 nitrogen and oxygen atoms in total. The van der Waals surface area contributed by atoms with Crippen LogP contribution in [0.4, 0.5) is 0 Å². The SMILES string of the molecule is O=C(O)C(=O)CCC#CC(=O)c1ccccn1. The molecule has 0 radical (unpaired) electrons. The van der Waals surface area contributed by atoms with E-state index in [1.54, 1.807) is 12.1 Å². The number of carboxylic acids is 1. The second-order valence-corrected chi connectivity index (χ2v) is 3.07. The second-order valence-electron chi connectivity index (χ2n) is 3.07. The smallest absolute Gasteiger partial charge is 0.372 e. The summed E-state index contributed by atoms with van der Waals surface area (Å²) >= 11 is 0. The third kappa shape index (κ3) is 4.26. The van der Waals surface area contributed by atoms with Crippen molar-refractivity contribution in [2.45, 2.75) is 12.8 Å². The van der Waals surface area contributed by atoms with Crippen LogP contribution in [0.25, 0.3) is 0 Å². The largest absolute Gasteiger partial charge is 0.476 e. The van der Waals surface area contributed by atoms with Crippen molar-refractivity contribution in [2.24, 2.45) is 0 Å². The predicted octanol–water partition coefficient (Wildman–Crippen LogP) is 0.702. The summed E-state index contributed by atoms with van der Waals surface area (Å²) in [6.07, 6.45) is 1.32. The average Bonchev–Trinajstić information content (AvgIpc) is 2.35. The summed E-state index contributed by atoms with van der Waals surface area (Å²) in [5.74, 6) is 1.90. The summed E-state index contributed by atoms with van der Waals surface area (Å²) in [5.41, 5.74) is 0.226. The molecule has 0 saturated heterocycles. The van der Waals surface area contributed by atoms with Crippen molar-refractivity contribution < 1.29 is 19.5 Å². The molecule has 0 atom stereocenters. The van der Waals surface area contributed by atoms with Gasteiger partial charge in [0, 0.05) is 19.0 Å². The first kappa shape index (κ1) is 12.6. The van der Waals surface area contributed by atoms with Crippen molar-refractivity contribution in [1.82, 2.24) is 4.98 Å². The number of rotatable bonds is 4. The molecule has 0 bridgehead atoms. The summed E-state index contributed by atoms with van der Waals surface area (Å²) in [5, 5.41) is 8.29. The first-order valence-electron chi connectivity index (χ1n) is 4.81. The van der Waals surface area contributed by atoms with E-state index in [-0.39, 0.29) is 18.5 Å². The average molecular weight is 231 g/mol. The van der Waals surface area contributed by atoms with Crippen LogP contribution >= 0.6 is 0 Å². The number of carboxylic acid groups (broad SMARTS) is 1. The third-order valence-electron chi connectivity index (χ3n) is 1.82. The minimum atomic E-state index is -1.48. The minimum Gasteiger partial charge on any atom is -0.476 e. The molecule has 0 aliphatic carbocycles. The van der Waals surface area contributed by atoms with Gasteiger partial charge in [0.15, 0.2) is 0 Å². The zero-order valence-corrected chi connectivity index (χ0v) is 8.84. The van der Waals surface area contributed by atoms with Crippen molar-refractivity contribution in [2.75, 3.05) is 0 Å². The van der Waals surface area contributed by atoms with Gasteiger partial charge in [0.1, 0.15) is 5.69 Å². The first-order chi connectivity index (χ1) is 8.11. The number of hydrogen-bond donors (Lipinski definition) is 1. The summed E-state index contributed by atoms with van der Waals surface area (Å²) in [4.78, 5) is 36.1. The van der Waals surface area contributed by atoms with E-state index >= 15 is 0 Å². The van der Waals surface area contributed by atoms with Crippen molar-refractivity contribution in [1.29, 1.82) is 0 Å². The monoisotopic (exact) mass is 231 g/mol. The molecule has 0 fully saturated rings. The quantitative estimate of drug-likeness (QED) is 0.357. The van der Waals surface area contributed by atoms with Gasteiger partial charge >= 0.3 is 5.97 Å². The maximum atomic E-state index is 11.4. The second kappa shape index (κ2) is 6.18. The summed E-state index contributed by atoms with van der Waals surface area (Å²) in [6, 6.07) is 4.87. The maximum absolute atomic E-state index is 11.4. The van der Waals surface area contributed by atoms with Crippen LogP contribution in [-0.2, 0) is 9.59 Å². The number of carbonyl (C=O) groups is 3. The van der Waals surface area contributed by atoms with E-state index < -0.39 is 17.5 Å². The van der Waals surface area contributed by atoms with E-state index in [9.17, 15) is 14.4 Å². The van der Waals surface area contributed by atoms with Gasteiger partial charge in [-0.15, -0.1) is 0 Å². The van der Waals surface area contributed by atoms with Crippen LogP contribution < -0.4 is 0 Å². The maximum Gasteiger partial charge on any atom is 0.372 e. The first-order valence-corrected chi connectivity index (χ1v) is 4.81. The molecule has 1 heterocycles. The van der Waals surface area contributed by atoms with Gasteiger partial charge in [0.05, 0.1) is 0 Å². The Kier molecular flexibility index (Phi) is 4.58. The Morgan fingerprint density at radius 2 is 2.06 bits per heavy atom. The highest BCUT2D eigenvalue weighted by atomic mass is 16.4. The fraction of sp³-hybridized carbons (Fsp3) is 0.167. The van der Waals surface area contributed by atoms with Gasteiger partial charge in [-0.3, -0.25) is 14.6 Å². The lowest BCUT2D eigenvalue weighted by Crippen LogP contribution is -2.11. The lowest BCUT2D eigenvalue weighted by Gasteiger charge is -1.90. The Hall–Kier alpha value is -2.48. The molecule has 0 aromatic carbocycles. The number of nitrogens with zero attached hydrogens (tertiary/aromatic N) is 1. The molecule has 86 valence electrons. The van der Waals surface area contributed by atoms with E-state index in [1.165, 1.54) is 12.3 Å². The van der Waals surface area contributed by atoms with Gasteiger partial charge in [0.2, 0.25) is 5.78 Å². The van der Waals surface area contributed by atoms with Gasteiger partial charge < -0.3 is 5.11 Å². The molecule has 0 aliphatic rings. The fourth-order valence-corrected chi connectivity index (χ4v) is 0.987. The highest BCUT2D eigenvalue weighted by molar-refractivity contribution is 6.32. The molecule has 1 rings (SSSR count). The Morgan fingerprint density at radius 1 is 1.29 bits per heavy atom. The Bertz CT molecular complexity index is 496. The van der Waals surface area contributed by atoms with Crippen LogP contribution in [0.5, 0.6) is 0 Å². The van der Waals surface area contributed by atoms with Gasteiger partial charge in [0.25, 0.3) is 5.78 Å². The molecule has 17 heavy (non-hydrogen) atoms. The topological polar surface area (TPSA) is 84.3 Å². The van der Waals surface area contributed by atoms with Gasteiger partial charge in [-0.05, 0) is 18.1 Å². The Balaban J connectivity index is 2.48. The van der Waals surface area contributed by atoms with Crippen LogP contribution in [-0.4, -0.2) is 27.6 Å². The van der Waals surface area contributed by atoms with Crippen LogP contribution in [0.1, 0.15) is 23.3 Å². The molecule has 0 saturated carbocycles. The number of Topliss-reactive ketones (excluding diaryl/α,β-unsaturated/α-hetero) is 2. The number of carbonyl (C=O) groups excluding carboxylic acids is 2. The molecule has 0 aliphatic heterocycles. The molecule has 1 aromatic rings. The lowest BCUT2D eigenvalue weighted by atomic mass is 10.2. The summed E-state index contributed by atoms with van der Waals surface area (Å²) in [7, 11) is 0. The number of aromatic nitrogens is 1. The van der Waals surface area contributed by atoms with Crippen LogP contribution in [0, 0.1) is 11.8 Å². The van der Waals surface area contributed by atoms with Crippen LogP contribution in [0.2, 0.25) is 0 Å². The minimum absolute atomic E-state index is 0.0453. The molecule has 1 aromatic heterocycles. The van der Waals surface area contributed by atoms with E-state index in [4.69, 9.17) is 5.11 Å². The van der Waals surface area contributed by atoms with E-state index in [1.807, 2.05) is 0 Å². The summed E-state index contributed by atoms with van der Waals surface area (Å²) < 4.78 is 0. The molecule has 0 unspecified atom stereocenters. The van der Waals surface area contributed by atoms with Gasteiger partial charge in [-0.25, -0.2) is 4.79 Å². The number of pyridine rings is 1.